The van der Waals surface area contributed by atoms with Gasteiger partial charge in [-0.05, 0) is 22.0 Å². The normalized spacial score (nSPS) is 21.8. The number of hydrogen-bond donors (Lipinski definition) is 2. The van der Waals surface area contributed by atoms with Gasteiger partial charge in [-0.1, -0.05) is 91.8 Å². The summed E-state index contributed by atoms with van der Waals surface area (Å²) in [6.45, 7) is 17.0. The van der Waals surface area contributed by atoms with E-state index < -0.39 is 40.9 Å². The van der Waals surface area contributed by atoms with Crippen LogP contribution in [0.5, 0.6) is 11.5 Å². The van der Waals surface area contributed by atoms with E-state index in [-0.39, 0.29) is 10.8 Å². The quantitative estimate of drug-likeness (QED) is 0.503. The molecule has 0 aliphatic carbocycles. The van der Waals surface area contributed by atoms with Gasteiger partial charge in [-0.25, -0.2) is 0 Å². The van der Waals surface area contributed by atoms with E-state index in [1.807, 2.05) is 12.1 Å². The summed E-state index contributed by atoms with van der Waals surface area (Å²) in [5.41, 5.74) is 4.25. The number of rotatable bonds is 2. The average Bonchev–Trinajstić information content (AvgIpc) is 2.82. The Bertz CT molecular complexity index is 1430. The van der Waals surface area contributed by atoms with Crippen LogP contribution in [0.1, 0.15) is 101 Å². The molecule has 2 N–H and O–H groups in total. The number of carbonyl (C=O) groups is 4. The van der Waals surface area contributed by atoms with Gasteiger partial charge in [0.2, 0.25) is 23.6 Å². The van der Waals surface area contributed by atoms with Gasteiger partial charge in [0.05, 0.1) is 11.8 Å². The van der Waals surface area contributed by atoms with Crippen molar-refractivity contribution in [1.82, 2.24) is 10.6 Å². The Morgan fingerprint density at radius 3 is 1.35 bits per heavy atom. The Labute approximate surface area is 235 Å². The maximum Gasteiger partial charge on any atom is 0.250 e. The van der Waals surface area contributed by atoms with Gasteiger partial charge in [-0.2, -0.15) is 0 Å². The minimum Gasteiger partial charge on any atom is -0.456 e. The first-order chi connectivity index (χ1) is 18.5. The highest BCUT2D eigenvalue weighted by Crippen LogP contribution is 2.55. The Balaban J connectivity index is 1.82. The second-order valence-corrected chi connectivity index (χ2v) is 13.5. The van der Waals surface area contributed by atoms with Crippen molar-refractivity contribution in [2.45, 2.75) is 83.5 Å². The lowest BCUT2D eigenvalue weighted by Crippen LogP contribution is -2.38. The van der Waals surface area contributed by atoms with Gasteiger partial charge in [0.15, 0.2) is 0 Å². The molecule has 3 aliphatic heterocycles. The lowest BCUT2D eigenvalue weighted by molar-refractivity contribution is -0.130. The number of benzene rings is 2. The summed E-state index contributed by atoms with van der Waals surface area (Å²) in [5.74, 6) is -2.08. The molecule has 2 atom stereocenters. The summed E-state index contributed by atoms with van der Waals surface area (Å²) in [4.78, 5) is 49.9. The summed E-state index contributed by atoms with van der Waals surface area (Å²) < 4.78 is 6.77. The van der Waals surface area contributed by atoms with Crippen molar-refractivity contribution in [3.05, 3.63) is 82.0 Å². The summed E-state index contributed by atoms with van der Waals surface area (Å²) in [7, 11) is 0. The molecule has 0 radical (unpaired) electrons. The highest BCUT2D eigenvalue weighted by molar-refractivity contribution is 6.08. The van der Waals surface area contributed by atoms with Crippen molar-refractivity contribution in [2.24, 2.45) is 0 Å². The zero-order valence-corrected chi connectivity index (χ0v) is 24.3. The van der Waals surface area contributed by atoms with E-state index in [9.17, 15) is 19.2 Å². The van der Waals surface area contributed by atoms with Crippen LogP contribution in [-0.2, 0) is 35.4 Å². The van der Waals surface area contributed by atoms with Crippen molar-refractivity contribution in [3.63, 3.8) is 0 Å². The molecule has 0 bridgehead atoms. The van der Waals surface area contributed by atoms with Gasteiger partial charge in [-0.3, -0.25) is 29.8 Å². The fourth-order valence-electron chi connectivity index (χ4n) is 5.55. The van der Waals surface area contributed by atoms with Gasteiger partial charge in [-0.15, -0.1) is 0 Å². The van der Waals surface area contributed by atoms with Crippen LogP contribution < -0.4 is 15.4 Å². The molecule has 7 heteroatoms. The third-order valence-electron chi connectivity index (χ3n) is 8.13. The summed E-state index contributed by atoms with van der Waals surface area (Å²) >= 11 is 0. The molecule has 5 rings (SSSR count). The molecule has 0 aromatic heterocycles. The first kappa shape index (κ1) is 27.6. The Morgan fingerprint density at radius 2 is 1.02 bits per heavy atom. The SMILES string of the molecule is CC(C)(C)c1cc(C2C=CC(=O)NC2=O)c2c(c1)C(C)(C)c1cc(C(C)(C)C)cc(C3C=CC(=O)NC3=O)c1O2. The fraction of sp³-hybridized carbons (Fsp3) is 0.394. The Hall–Kier alpha value is -4.00. The molecule has 0 saturated carbocycles. The third kappa shape index (κ3) is 4.57. The second kappa shape index (κ2) is 9.01. The molecule has 3 heterocycles. The molecule has 2 aromatic rings. The van der Waals surface area contributed by atoms with E-state index in [0.717, 1.165) is 22.3 Å². The van der Waals surface area contributed by atoms with Crippen LogP contribution in [0.25, 0.3) is 0 Å². The molecular formula is C33H36N2O5. The number of imide groups is 2. The van der Waals surface area contributed by atoms with Crippen LogP contribution in [0.2, 0.25) is 0 Å². The zero-order valence-electron chi connectivity index (χ0n) is 24.3. The second-order valence-electron chi connectivity index (χ2n) is 13.5. The van der Waals surface area contributed by atoms with E-state index in [4.69, 9.17) is 4.74 Å². The summed E-state index contributed by atoms with van der Waals surface area (Å²) in [5, 5.41) is 4.83. The molecule has 0 spiro atoms. The molecule has 0 saturated heterocycles. The zero-order chi connectivity index (χ0) is 29.4. The van der Waals surface area contributed by atoms with Crippen molar-refractivity contribution in [3.8, 4) is 11.5 Å². The van der Waals surface area contributed by atoms with Crippen molar-refractivity contribution >= 4 is 23.6 Å². The van der Waals surface area contributed by atoms with E-state index >= 15 is 0 Å². The maximum atomic E-state index is 13.1. The molecule has 7 nitrogen and oxygen atoms in total. The number of hydrogen-bond acceptors (Lipinski definition) is 5. The molecule has 208 valence electrons. The summed E-state index contributed by atoms with van der Waals surface area (Å²) in [6, 6.07) is 8.26. The van der Waals surface area contributed by atoms with Crippen molar-refractivity contribution in [1.29, 1.82) is 0 Å². The van der Waals surface area contributed by atoms with Gasteiger partial charge in [0, 0.05) is 39.8 Å². The summed E-state index contributed by atoms with van der Waals surface area (Å²) in [6.07, 6.45) is 5.97. The lowest BCUT2D eigenvalue weighted by atomic mass is 9.69. The average molecular weight is 541 g/mol. The van der Waals surface area contributed by atoms with Gasteiger partial charge in [0.25, 0.3) is 0 Å². The standard InChI is InChI=1S/C33H36N2O5/c1-31(2,3)17-13-21(19-9-11-25(36)34-29(19)38)27-23(15-17)33(7,8)24-16-18(32(4,5)6)14-22(28(24)40-27)20-10-12-26(37)35-30(20)39/h9-16,19-20H,1-8H3,(H,34,36,38)(H,35,37,39). The molecule has 2 unspecified atom stereocenters. The van der Waals surface area contributed by atoms with Crippen molar-refractivity contribution < 1.29 is 23.9 Å². The number of fused-ring (bicyclic) bond motifs is 2. The smallest absolute Gasteiger partial charge is 0.250 e. The fourth-order valence-corrected chi connectivity index (χ4v) is 5.55. The molecule has 2 aromatic carbocycles. The van der Waals surface area contributed by atoms with E-state index in [2.05, 4.69) is 78.2 Å². The number of carbonyl (C=O) groups excluding carboxylic acids is 4. The largest absolute Gasteiger partial charge is 0.456 e. The minimum atomic E-state index is -0.723. The molecular weight excluding hydrogens is 504 g/mol. The highest BCUT2D eigenvalue weighted by Gasteiger charge is 2.42. The van der Waals surface area contributed by atoms with E-state index in [0.29, 0.717) is 22.6 Å². The Morgan fingerprint density at radius 1 is 0.650 bits per heavy atom. The predicted octanol–water partition coefficient (Wildman–Crippen LogP) is 5.31. The first-order valence-electron chi connectivity index (χ1n) is 13.6. The topological polar surface area (TPSA) is 102 Å². The van der Waals surface area contributed by atoms with E-state index in [1.54, 1.807) is 12.2 Å². The lowest BCUT2D eigenvalue weighted by Gasteiger charge is -2.40. The van der Waals surface area contributed by atoms with Crippen LogP contribution in [-0.4, -0.2) is 23.6 Å². The van der Waals surface area contributed by atoms with Gasteiger partial charge < -0.3 is 4.74 Å². The minimum absolute atomic E-state index is 0.221. The van der Waals surface area contributed by atoms with Crippen molar-refractivity contribution in [2.75, 3.05) is 0 Å². The van der Waals surface area contributed by atoms with Gasteiger partial charge in [0.1, 0.15) is 11.5 Å². The first-order valence-corrected chi connectivity index (χ1v) is 13.6. The highest BCUT2D eigenvalue weighted by atomic mass is 16.5. The third-order valence-corrected chi connectivity index (χ3v) is 8.13. The number of nitrogens with one attached hydrogen (secondary N) is 2. The monoisotopic (exact) mass is 540 g/mol. The van der Waals surface area contributed by atoms with E-state index in [1.165, 1.54) is 12.2 Å². The molecule has 3 aliphatic rings. The number of amides is 4. The maximum absolute atomic E-state index is 13.1. The number of ether oxygens (including phenoxy) is 1. The van der Waals surface area contributed by atoms with Crippen LogP contribution >= 0.6 is 0 Å². The Kier molecular flexibility index (Phi) is 6.21. The van der Waals surface area contributed by atoms with Crippen LogP contribution in [0.4, 0.5) is 0 Å². The van der Waals surface area contributed by atoms with Crippen LogP contribution in [0, 0.1) is 0 Å². The predicted molar refractivity (Wildman–Crippen MR) is 153 cm³/mol. The van der Waals surface area contributed by atoms with Gasteiger partial charge >= 0.3 is 0 Å². The van der Waals surface area contributed by atoms with Crippen LogP contribution in [0.15, 0.2) is 48.6 Å². The molecule has 4 amide bonds. The molecule has 0 fully saturated rings. The molecule has 40 heavy (non-hydrogen) atoms. The van der Waals surface area contributed by atoms with Crippen LogP contribution in [0.3, 0.4) is 0 Å².